The molecule has 26 heavy (non-hydrogen) atoms. The molecule has 4 aliphatic rings. The molecule has 4 fully saturated rings. The van der Waals surface area contributed by atoms with Gasteiger partial charge in [0.05, 0.1) is 26.2 Å². The number of unbranched alkanes of at least 4 members (excludes halogenated alkanes) is 2. The van der Waals surface area contributed by atoms with Crippen LogP contribution in [-0.2, 0) is 0 Å². The Morgan fingerprint density at radius 2 is 1.35 bits per heavy atom. The van der Waals surface area contributed by atoms with E-state index in [2.05, 4.69) is 34.9 Å². The first-order chi connectivity index (χ1) is 11.2. The molecule has 0 saturated heterocycles. The van der Waals surface area contributed by atoms with Crippen molar-refractivity contribution < 1.29 is 4.48 Å². The van der Waals surface area contributed by atoms with Crippen LogP contribution in [0.3, 0.4) is 0 Å². The van der Waals surface area contributed by atoms with Gasteiger partial charge in [0, 0.05) is 0 Å². The van der Waals surface area contributed by atoms with E-state index in [0.29, 0.717) is 11.0 Å². The summed E-state index contributed by atoms with van der Waals surface area (Å²) in [7, 11) is 4.74. The summed E-state index contributed by atoms with van der Waals surface area (Å²) in [5.74, 6) is 3.22. The first-order valence-corrected chi connectivity index (χ1v) is 10.7. The minimum Gasteiger partial charge on any atom is -0.662 e. The maximum Gasteiger partial charge on any atom is 0.0903 e. The third-order valence-electron chi connectivity index (χ3n) is 7.96. The average molecular weight is 496 g/mol. The van der Waals surface area contributed by atoms with Crippen molar-refractivity contribution in [2.45, 2.75) is 84.1 Å². The average Bonchev–Trinajstić information content (AvgIpc) is 2.43. The summed E-state index contributed by atoms with van der Waals surface area (Å²) in [5.41, 5.74) is 1.00. The van der Waals surface area contributed by atoms with Crippen LogP contribution in [0.25, 0.3) is 5.32 Å². The fourth-order valence-corrected chi connectivity index (χ4v) is 6.04. The van der Waals surface area contributed by atoms with Crippen molar-refractivity contribution in [1.29, 1.82) is 0 Å². The molecular weight excluding hydrogens is 452 g/mol. The highest BCUT2D eigenvalue weighted by Crippen LogP contribution is 2.60. The van der Waals surface area contributed by atoms with Crippen LogP contribution in [-0.4, -0.2) is 43.8 Å². The van der Waals surface area contributed by atoms with Crippen LogP contribution in [0.15, 0.2) is 0 Å². The van der Waals surface area contributed by atoms with Crippen LogP contribution in [0.4, 0.5) is 0 Å². The first-order valence-electron chi connectivity index (χ1n) is 10.7. The Morgan fingerprint density at radius 3 is 1.81 bits per heavy atom. The molecule has 0 unspecified atom stereocenters. The molecule has 0 aromatic carbocycles. The topological polar surface area (TPSA) is 14.1 Å². The van der Waals surface area contributed by atoms with E-state index in [4.69, 9.17) is 5.32 Å². The van der Waals surface area contributed by atoms with Gasteiger partial charge in [-0.3, -0.25) is 0 Å². The van der Waals surface area contributed by atoms with Gasteiger partial charge in [-0.25, -0.2) is 0 Å². The lowest BCUT2D eigenvalue weighted by Crippen LogP contribution is -2.54. The van der Waals surface area contributed by atoms with Crippen molar-refractivity contribution >= 4 is 34.0 Å². The second kappa shape index (κ2) is 9.59. The van der Waals surface area contributed by atoms with Gasteiger partial charge in [0.2, 0.25) is 0 Å². The summed E-state index contributed by atoms with van der Waals surface area (Å²) in [4.78, 5) is 0. The Kier molecular flexibility index (Phi) is 9.19. The zero-order valence-corrected chi connectivity index (χ0v) is 21.4. The standard InChI is InChI=1S/C22H42N2.2BrH/c1-21(2,3)24(4,5)10-8-6-7-9-23-17-22-14-18-11-19(15-22)13-20(12-18)16-22;;/h18-20H,6-17H2,1-5H3;2*1H. The SMILES string of the molecule is Br.Br.CC(C)(C)[N+](C)(C)CCCCC[N-]CC12CC3CC(CC(C3)C1)C2. The number of rotatable bonds is 8. The van der Waals surface area contributed by atoms with Crippen LogP contribution < -0.4 is 0 Å². The Labute approximate surface area is 184 Å². The van der Waals surface area contributed by atoms with Crippen molar-refractivity contribution in [3.8, 4) is 0 Å². The van der Waals surface area contributed by atoms with Gasteiger partial charge < -0.3 is 9.80 Å². The zero-order chi connectivity index (χ0) is 17.4. The molecule has 0 radical (unpaired) electrons. The zero-order valence-electron chi connectivity index (χ0n) is 17.9. The molecule has 0 aromatic heterocycles. The monoisotopic (exact) mass is 494 g/mol. The van der Waals surface area contributed by atoms with Gasteiger partial charge in [0.15, 0.2) is 0 Å². The van der Waals surface area contributed by atoms with Gasteiger partial charge in [-0.15, -0.1) is 47.1 Å². The third kappa shape index (κ3) is 5.94. The molecule has 0 amide bonds. The summed E-state index contributed by atoms with van der Waals surface area (Å²) in [6, 6.07) is 0. The third-order valence-corrected chi connectivity index (χ3v) is 7.96. The first kappa shape index (κ1) is 24.9. The molecule has 0 aliphatic heterocycles. The van der Waals surface area contributed by atoms with Gasteiger partial charge in [0.1, 0.15) is 0 Å². The molecule has 0 N–H and O–H groups in total. The highest BCUT2D eigenvalue weighted by atomic mass is 79.9. The van der Waals surface area contributed by atoms with E-state index in [1.165, 1.54) is 51.6 Å². The van der Waals surface area contributed by atoms with Crippen molar-refractivity contribution in [3.05, 3.63) is 5.32 Å². The molecule has 4 bridgehead atoms. The fourth-order valence-electron chi connectivity index (χ4n) is 6.04. The van der Waals surface area contributed by atoms with Gasteiger partial charge in [-0.05, 0) is 95.3 Å². The van der Waals surface area contributed by atoms with Crippen molar-refractivity contribution in [2.24, 2.45) is 23.2 Å². The lowest BCUT2D eigenvalue weighted by atomic mass is 9.49. The van der Waals surface area contributed by atoms with E-state index in [0.717, 1.165) is 28.8 Å². The molecule has 0 heterocycles. The Balaban J connectivity index is 0.00000169. The van der Waals surface area contributed by atoms with Crippen LogP contribution >= 0.6 is 34.0 Å². The molecule has 0 spiro atoms. The van der Waals surface area contributed by atoms with Crippen molar-refractivity contribution in [2.75, 3.05) is 33.7 Å². The molecule has 156 valence electrons. The summed E-state index contributed by atoms with van der Waals surface area (Å²) in [6.45, 7) is 10.7. The summed E-state index contributed by atoms with van der Waals surface area (Å²) in [6.07, 6.45) is 13.2. The van der Waals surface area contributed by atoms with Crippen molar-refractivity contribution in [3.63, 3.8) is 0 Å². The van der Waals surface area contributed by atoms with Crippen LogP contribution in [0, 0.1) is 23.2 Å². The maximum atomic E-state index is 5.04. The van der Waals surface area contributed by atoms with Gasteiger partial charge in [0.25, 0.3) is 0 Å². The molecule has 4 saturated carbocycles. The van der Waals surface area contributed by atoms with Crippen LogP contribution in [0.1, 0.15) is 78.6 Å². The number of nitrogens with zero attached hydrogens (tertiary/aromatic N) is 2. The second-order valence-electron chi connectivity index (χ2n) is 11.2. The van der Waals surface area contributed by atoms with E-state index in [-0.39, 0.29) is 34.0 Å². The molecule has 2 nitrogen and oxygen atoms in total. The Morgan fingerprint density at radius 1 is 0.846 bits per heavy atom. The van der Waals surface area contributed by atoms with E-state index in [1.807, 2.05) is 0 Å². The van der Waals surface area contributed by atoms with E-state index < -0.39 is 0 Å². The van der Waals surface area contributed by atoms with Crippen LogP contribution in [0.2, 0.25) is 0 Å². The number of hydrogen-bond donors (Lipinski definition) is 0. The predicted octanol–water partition coefficient (Wildman–Crippen LogP) is 6.78. The predicted molar refractivity (Wildman–Crippen MR) is 125 cm³/mol. The highest BCUT2D eigenvalue weighted by molar-refractivity contribution is 8.93. The van der Waals surface area contributed by atoms with Gasteiger partial charge in [-0.1, -0.05) is 6.42 Å². The van der Waals surface area contributed by atoms with Gasteiger partial charge >= 0.3 is 0 Å². The lowest BCUT2D eigenvalue weighted by molar-refractivity contribution is -0.935. The minimum absolute atomic E-state index is 0. The van der Waals surface area contributed by atoms with E-state index in [1.54, 1.807) is 19.3 Å². The van der Waals surface area contributed by atoms with Gasteiger partial charge in [-0.2, -0.15) is 0 Å². The van der Waals surface area contributed by atoms with E-state index in [9.17, 15) is 0 Å². The molecule has 4 heteroatoms. The molecule has 0 atom stereocenters. The molecule has 4 aliphatic carbocycles. The maximum absolute atomic E-state index is 5.04. The normalized spacial score (nSPS) is 32.9. The van der Waals surface area contributed by atoms with E-state index >= 15 is 0 Å². The molecule has 4 rings (SSSR count). The van der Waals surface area contributed by atoms with Crippen molar-refractivity contribution in [1.82, 2.24) is 0 Å². The summed E-state index contributed by atoms with van der Waals surface area (Å²) in [5, 5.41) is 5.04. The number of halogens is 2. The number of hydrogen-bond acceptors (Lipinski definition) is 0. The van der Waals surface area contributed by atoms with Crippen LogP contribution in [0.5, 0.6) is 0 Å². The minimum atomic E-state index is 0. The number of quaternary nitrogens is 1. The molecule has 0 aromatic rings. The molecular formula is C22H44Br2N2. The fraction of sp³-hybridized carbons (Fsp3) is 1.00. The largest absolute Gasteiger partial charge is 0.662 e. The Hall–Kier alpha value is 0.880. The summed E-state index contributed by atoms with van der Waals surface area (Å²) >= 11 is 0. The quantitative estimate of drug-likeness (QED) is 0.260. The lowest BCUT2D eigenvalue weighted by Gasteiger charge is -2.59. The summed E-state index contributed by atoms with van der Waals surface area (Å²) < 4.78 is 1.12. The Bertz CT molecular complexity index is 393. The second-order valence-corrected chi connectivity index (χ2v) is 11.2. The highest BCUT2D eigenvalue weighted by Gasteiger charge is 2.48. The smallest absolute Gasteiger partial charge is 0.0903 e.